The van der Waals surface area contributed by atoms with Gasteiger partial charge in [-0.15, -0.1) is 0 Å². The Morgan fingerprint density at radius 3 is 3.06 bits per heavy atom. The third kappa shape index (κ3) is 2.73. The zero-order valence-corrected chi connectivity index (χ0v) is 10.6. The van der Waals surface area contributed by atoms with Crippen molar-refractivity contribution in [2.24, 2.45) is 5.92 Å². The summed E-state index contributed by atoms with van der Waals surface area (Å²) in [6.45, 7) is 1.13. The summed E-state index contributed by atoms with van der Waals surface area (Å²) in [4.78, 5) is 16.4. The molecule has 0 radical (unpaired) electrons. The number of rotatable bonds is 3. The molecule has 5 heteroatoms. The van der Waals surface area contributed by atoms with E-state index in [0.717, 1.165) is 17.9 Å². The number of carbonyl (C=O) groups excluding carboxylic acids is 1. The third-order valence-electron chi connectivity index (χ3n) is 2.89. The quantitative estimate of drug-likeness (QED) is 0.562. The first-order valence-electron chi connectivity index (χ1n) is 5.88. The molecular weight excluding hydrogens is 234 g/mol. The standard InChI is InChI=1S/C13H17NO4/c1-14(16-2)12(15)7-6-10-4-3-5-11-13(10)18-9-8-17-11/h3,5-7,10H,4,8-9H2,1-2H3/b7-6+. The van der Waals surface area contributed by atoms with E-state index in [0.29, 0.717) is 13.2 Å². The van der Waals surface area contributed by atoms with E-state index in [4.69, 9.17) is 14.3 Å². The SMILES string of the molecule is CON(C)C(=O)/C=C/C1CC=CC2=C1OCCO2. The molecule has 0 saturated heterocycles. The van der Waals surface area contributed by atoms with Crippen molar-refractivity contribution in [1.29, 1.82) is 0 Å². The molecule has 0 fully saturated rings. The van der Waals surface area contributed by atoms with Crippen LogP contribution in [0.2, 0.25) is 0 Å². The second kappa shape index (κ2) is 5.73. The molecule has 0 bridgehead atoms. The van der Waals surface area contributed by atoms with Gasteiger partial charge in [0.2, 0.25) is 0 Å². The molecule has 0 N–H and O–H groups in total. The van der Waals surface area contributed by atoms with Crippen LogP contribution in [0.5, 0.6) is 0 Å². The molecule has 0 saturated carbocycles. The van der Waals surface area contributed by atoms with E-state index in [2.05, 4.69) is 0 Å². The van der Waals surface area contributed by atoms with Crippen molar-refractivity contribution in [1.82, 2.24) is 5.06 Å². The highest BCUT2D eigenvalue weighted by Crippen LogP contribution is 2.30. The molecule has 1 atom stereocenters. The summed E-state index contributed by atoms with van der Waals surface area (Å²) in [6.07, 6.45) is 8.07. The van der Waals surface area contributed by atoms with Crippen LogP contribution in [0.3, 0.4) is 0 Å². The van der Waals surface area contributed by atoms with Gasteiger partial charge in [-0.05, 0) is 12.5 Å². The van der Waals surface area contributed by atoms with Crippen molar-refractivity contribution in [3.05, 3.63) is 35.8 Å². The Morgan fingerprint density at radius 1 is 1.50 bits per heavy atom. The van der Waals surface area contributed by atoms with E-state index in [1.54, 1.807) is 7.05 Å². The highest BCUT2D eigenvalue weighted by molar-refractivity contribution is 5.86. The Balaban J connectivity index is 2.06. The van der Waals surface area contributed by atoms with Gasteiger partial charge in [-0.2, -0.15) is 0 Å². The largest absolute Gasteiger partial charge is 0.490 e. The smallest absolute Gasteiger partial charge is 0.269 e. The van der Waals surface area contributed by atoms with Crippen LogP contribution >= 0.6 is 0 Å². The average Bonchev–Trinajstić information content (AvgIpc) is 2.43. The molecule has 5 nitrogen and oxygen atoms in total. The Kier molecular flexibility index (Phi) is 4.04. The van der Waals surface area contributed by atoms with Crippen molar-refractivity contribution in [3.8, 4) is 0 Å². The summed E-state index contributed by atoms with van der Waals surface area (Å²) in [5.41, 5.74) is 0. The van der Waals surface area contributed by atoms with E-state index in [1.807, 2.05) is 18.2 Å². The number of amides is 1. The molecule has 18 heavy (non-hydrogen) atoms. The Labute approximate surface area is 106 Å². The lowest BCUT2D eigenvalue weighted by Gasteiger charge is -2.27. The number of likely N-dealkylation sites (N-methyl/N-ethyl adjacent to an activating group) is 1. The topological polar surface area (TPSA) is 48.0 Å². The highest BCUT2D eigenvalue weighted by atomic mass is 16.7. The van der Waals surface area contributed by atoms with E-state index in [9.17, 15) is 4.79 Å². The van der Waals surface area contributed by atoms with Gasteiger partial charge in [0, 0.05) is 19.0 Å². The molecule has 1 unspecified atom stereocenters. The maximum absolute atomic E-state index is 11.6. The van der Waals surface area contributed by atoms with Crippen LogP contribution in [0.25, 0.3) is 0 Å². The van der Waals surface area contributed by atoms with E-state index < -0.39 is 0 Å². The second-order valence-corrected chi connectivity index (χ2v) is 4.05. The zero-order chi connectivity index (χ0) is 13.0. The van der Waals surface area contributed by atoms with E-state index in [-0.39, 0.29) is 11.8 Å². The van der Waals surface area contributed by atoms with E-state index >= 15 is 0 Å². The van der Waals surface area contributed by atoms with Gasteiger partial charge in [0.15, 0.2) is 5.76 Å². The molecule has 98 valence electrons. The van der Waals surface area contributed by atoms with Crippen LogP contribution < -0.4 is 0 Å². The van der Waals surface area contributed by atoms with Crippen LogP contribution in [0.15, 0.2) is 35.8 Å². The first kappa shape index (κ1) is 12.7. The lowest BCUT2D eigenvalue weighted by molar-refractivity contribution is -0.162. The summed E-state index contributed by atoms with van der Waals surface area (Å²) in [7, 11) is 3.02. The van der Waals surface area contributed by atoms with Crippen molar-refractivity contribution in [2.45, 2.75) is 6.42 Å². The Morgan fingerprint density at radius 2 is 2.28 bits per heavy atom. The molecular formula is C13H17NO4. The van der Waals surface area contributed by atoms with Crippen LogP contribution in [0.4, 0.5) is 0 Å². The predicted octanol–water partition coefficient (Wildman–Crippen LogP) is 1.40. The summed E-state index contributed by atoms with van der Waals surface area (Å²) >= 11 is 0. The number of hydroxylamine groups is 2. The van der Waals surface area contributed by atoms with Gasteiger partial charge in [-0.3, -0.25) is 9.63 Å². The maximum atomic E-state index is 11.6. The van der Waals surface area contributed by atoms with Crippen LogP contribution in [0, 0.1) is 5.92 Å². The van der Waals surface area contributed by atoms with Crippen molar-refractivity contribution in [3.63, 3.8) is 0 Å². The molecule has 2 aliphatic rings. The molecule has 0 aromatic heterocycles. The number of hydrogen-bond acceptors (Lipinski definition) is 4. The summed E-state index contributed by atoms with van der Waals surface area (Å²) in [5.74, 6) is 1.44. The van der Waals surface area contributed by atoms with Gasteiger partial charge in [0.25, 0.3) is 5.91 Å². The minimum atomic E-state index is -0.203. The number of nitrogens with zero attached hydrogens (tertiary/aromatic N) is 1. The summed E-state index contributed by atoms with van der Waals surface area (Å²) in [5, 5.41) is 1.17. The van der Waals surface area contributed by atoms with Gasteiger partial charge < -0.3 is 9.47 Å². The Bertz CT molecular complexity index is 411. The van der Waals surface area contributed by atoms with Crippen molar-refractivity contribution < 1.29 is 19.1 Å². The second-order valence-electron chi connectivity index (χ2n) is 4.05. The third-order valence-corrected chi connectivity index (χ3v) is 2.89. The molecule has 0 aromatic rings. The summed E-state index contributed by atoms with van der Waals surface area (Å²) in [6, 6.07) is 0. The molecule has 1 amide bonds. The first-order chi connectivity index (χ1) is 8.72. The highest BCUT2D eigenvalue weighted by Gasteiger charge is 2.23. The predicted molar refractivity (Wildman–Crippen MR) is 65.1 cm³/mol. The maximum Gasteiger partial charge on any atom is 0.269 e. The van der Waals surface area contributed by atoms with Gasteiger partial charge in [-0.1, -0.05) is 12.2 Å². The monoisotopic (exact) mass is 251 g/mol. The van der Waals surface area contributed by atoms with Gasteiger partial charge in [0.1, 0.15) is 19.0 Å². The normalized spacial score (nSPS) is 22.4. The van der Waals surface area contributed by atoms with Crippen molar-refractivity contribution in [2.75, 3.05) is 27.4 Å². The zero-order valence-electron chi connectivity index (χ0n) is 10.6. The Hall–Kier alpha value is -1.75. The fourth-order valence-electron chi connectivity index (χ4n) is 1.85. The van der Waals surface area contributed by atoms with Crippen molar-refractivity contribution >= 4 is 5.91 Å². The van der Waals surface area contributed by atoms with Crippen LogP contribution in [-0.2, 0) is 19.1 Å². The lowest BCUT2D eigenvalue weighted by atomic mass is 9.96. The molecule has 2 rings (SSSR count). The lowest BCUT2D eigenvalue weighted by Crippen LogP contribution is -2.24. The first-order valence-corrected chi connectivity index (χ1v) is 5.88. The molecule has 1 heterocycles. The number of hydrogen-bond donors (Lipinski definition) is 0. The van der Waals surface area contributed by atoms with Crippen LogP contribution in [-0.4, -0.2) is 38.3 Å². The fraction of sp³-hybridized carbons (Fsp3) is 0.462. The van der Waals surface area contributed by atoms with Gasteiger partial charge >= 0.3 is 0 Å². The molecule has 0 aromatic carbocycles. The molecule has 1 aliphatic heterocycles. The minimum absolute atomic E-state index is 0.0551. The number of carbonyl (C=O) groups is 1. The summed E-state index contributed by atoms with van der Waals surface area (Å²) < 4.78 is 11.1. The number of ether oxygens (including phenoxy) is 2. The fourth-order valence-corrected chi connectivity index (χ4v) is 1.85. The van der Waals surface area contributed by atoms with E-state index in [1.165, 1.54) is 18.2 Å². The van der Waals surface area contributed by atoms with Crippen LogP contribution in [0.1, 0.15) is 6.42 Å². The molecule has 0 spiro atoms. The number of allylic oxidation sites excluding steroid dienone is 3. The van der Waals surface area contributed by atoms with Gasteiger partial charge in [-0.25, -0.2) is 5.06 Å². The minimum Gasteiger partial charge on any atom is -0.490 e. The average molecular weight is 251 g/mol. The van der Waals surface area contributed by atoms with Gasteiger partial charge in [0.05, 0.1) is 7.11 Å². The molecule has 1 aliphatic carbocycles.